The van der Waals surface area contributed by atoms with Crippen LogP contribution in [0.25, 0.3) is 11.0 Å². The minimum Gasteiger partial charge on any atom is -0.262 e. The highest BCUT2D eigenvalue weighted by atomic mass is 32.2. The quantitative estimate of drug-likeness (QED) is 0.519. The lowest BCUT2D eigenvalue weighted by Gasteiger charge is -2.03. The lowest BCUT2D eigenvalue weighted by molar-refractivity contribution is 1.05. The summed E-state index contributed by atoms with van der Waals surface area (Å²) in [5.74, 6) is 0. The van der Waals surface area contributed by atoms with E-state index in [4.69, 9.17) is 12.2 Å². The van der Waals surface area contributed by atoms with Gasteiger partial charge in [-0.15, -0.1) is 0 Å². The normalized spacial score (nSPS) is 11.6. The highest BCUT2D eigenvalue weighted by Crippen LogP contribution is 2.08. The number of thiocarbonyl (C=S) groups is 1. The van der Waals surface area contributed by atoms with Gasteiger partial charge in [0.25, 0.3) is 0 Å². The largest absolute Gasteiger partial charge is 0.262 e. The Balaban J connectivity index is 2.27. The fraction of sp³-hybridized carbons (Fsp3) is 0.167. The second kappa shape index (κ2) is 5.88. The molecule has 0 aliphatic rings. The molecule has 0 unspecified atom stereocenters. The average Bonchev–Trinajstić information content (AvgIpc) is 2.43. The lowest BCUT2D eigenvalue weighted by atomic mass is 10.2. The molecular weight excluding hydrogens is 264 g/mol. The Morgan fingerprint density at radius 1 is 1.33 bits per heavy atom. The standard InChI is InChI=1S/C12H12N4S2/c1-8(15-16-12(17)18-2)11-7-13-9-5-3-4-6-10(9)14-11/h3-7H,1-2H3,(H,16,17)/b15-8-. The lowest BCUT2D eigenvalue weighted by Crippen LogP contribution is -2.14. The van der Waals surface area contributed by atoms with Crippen LogP contribution in [0.1, 0.15) is 12.6 Å². The van der Waals surface area contributed by atoms with Crippen LogP contribution in [-0.2, 0) is 0 Å². The summed E-state index contributed by atoms with van der Waals surface area (Å²) in [6, 6.07) is 7.74. The molecule has 2 aromatic rings. The van der Waals surface area contributed by atoms with Gasteiger partial charge in [0.05, 0.1) is 22.9 Å². The van der Waals surface area contributed by atoms with Crippen LogP contribution < -0.4 is 5.43 Å². The third-order valence-corrected chi connectivity index (χ3v) is 3.37. The van der Waals surface area contributed by atoms with E-state index in [1.54, 1.807) is 6.20 Å². The number of fused-ring (bicyclic) bond motifs is 1. The minimum absolute atomic E-state index is 0.628. The summed E-state index contributed by atoms with van der Waals surface area (Å²) in [5.41, 5.74) is 6.02. The van der Waals surface area contributed by atoms with Crippen molar-refractivity contribution in [3.05, 3.63) is 36.2 Å². The summed E-state index contributed by atoms with van der Waals surface area (Å²) in [5, 5.41) is 4.17. The van der Waals surface area contributed by atoms with Crippen LogP contribution in [0.15, 0.2) is 35.6 Å². The van der Waals surface area contributed by atoms with Gasteiger partial charge < -0.3 is 0 Å². The first-order chi connectivity index (χ1) is 8.70. The van der Waals surface area contributed by atoms with Gasteiger partial charge in [0.2, 0.25) is 0 Å². The molecule has 0 radical (unpaired) electrons. The number of aromatic nitrogens is 2. The van der Waals surface area contributed by atoms with E-state index in [-0.39, 0.29) is 0 Å². The first-order valence-corrected chi connectivity index (χ1v) is 6.94. The molecule has 1 N–H and O–H groups in total. The van der Waals surface area contributed by atoms with Crippen molar-refractivity contribution in [1.82, 2.24) is 15.4 Å². The molecule has 0 bridgehead atoms. The number of hydrogen-bond donors (Lipinski definition) is 1. The van der Waals surface area contributed by atoms with E-state index >= 15 is 0 Å². The maximum atomic E-state index is 5.01. The number of para-hydroxylation sites is 2. The first-order valence-electron chi connectivity index (χ1n) is 5.31. The highest BCUT2D eigenvalue weighted by Gasteiger charge is 2.02. The molecule has 1 aromatic carbocycles. The molecule has 1 heterocycles. The molecule has 4 nitrogen and oxygen atoms in total. The van der Waals surface area contributed by atoms with Crippen LogP contribution in [0.5, 0.6) is 0 Å². The van der Waals surface area contributed by atoms with E-state index in [1.165, 1.54) is 11.8 Å². The predicted octanol–water partition coefficient (Wildman–Crippen LogP) is 2.59. The van der Waals surface area contributed by atoms with Gasteiger partial charge in [0, 0.05) is 0 Å². The van der Waals surface area contributed by atoms with Crippen molar-refractivity contribution in [3.8, 4) is 0 Å². The molecule has 0 spiro atoms. The molecule has 0 fully saturated rings. The van der Waals surface area contributed by atoms with E-state index in [9.17, 15) is 0 Å². The molecule has 6 heteroatoms. The Labute approximate surface area is 115 Å². The molecule has 18 heavy (non-hydrogen) atoms. The number of benzene rings is 1. The zero-order valence-electron chi connectivity index (χ0n) is 10.0. The summed E-state index contributed by atoms with van der Waals surface area (Å²) < 4.78 is 0.628. The average molecular weight is 276 g/mol. The summed E-state index contributed by atoms with van der Waals surface area (Å²) in [7, 11) is 0. The van der Waals surface area contributed by atoms with Gasteiger partial charge in [0.15, 0.2) is 4.32 Å². The van der Waals surface area contributed by atoms with Crippen LogP contribution in [0.4, 0.5) is 0 Å². The molecule has 0 aliphatic heterocycles. The summed E-state index contributed by atoms with van der Waals surface area (Å²) in [6.45, 7) is 1.87. The molecule has 0 atom stereocenters. The first kappa shape index (κ1) is 12.9. The maximum absolute atomic E-state index is 5.01. The SMILES string of the molecule is CSC(=S)N/N=C(/C)c1cnc2ccccc2n1. The van der Waals surface area contributed by atoms with Crippen LogP contribution >= 0.6 is 24.0 Å². The second-order valence-electron chi connectivity index (χ2n) is 3.54. The molecular formula is C12H12N4S2. The minimum atomic E-state index is 0.628. The number of hydrogen-bond acceptors (Lipinski definition) is 5. The van der Waals surface area contributed by atoms with Gasteiger partial charge in [-0.25, -0.2) is 4.98 Å². The summed E-state index contributed by atoms with van der Waals surface area (Å²) in [6.07, 6.45) is 3.61. The van der Waals surface area contributed by atoms with Crippen LogP contribution in [0.3, 0.4) is 0 Å². The van der Waals surface area contributed by atoms with Gasteiger partial charge in [-0.3, -0.25) is 10.4 Å². The molecule has 0 saturated heterocycles. The van der Waals surface area contributed by atoms with E-state index < -0.39 is 0 Å². The number of nitrogens with one attached hydrogen (secondary N) is 1. The fourth-order valence-corrected chi connectivity index (χ4v) is 1.55. The fourth-order valence-electron chi connectivity index (χ4n) is 1.36. The van der Waals surface area contributed by atoms with E-state index in [0.717, 1.165) is 22.4 Å². The monoisotopic (exact) mass is 276 g/mol. The van der Waals surface area contributed by atoms with E-state index in [2.05, 4.69) is 20.5 Å². The van der Waals surface area contributed by atoms with Gasteiger partial charge >= 0.3 is 0 Å². The van der Waals surface area contributed by atoms with Crippen LogP contribution in [-0.4, -0.2) is 26.3 Å². The molecule has 0 aliphatic carbocycles. The number of nitrogens with zero attached hydrogens (tertiary/aromatic N) is 3. The number of rotatable bonds is 2. The van der Waals surface area contributed by atoms with Crippen molar-refractivity contribution >= 4 is 45.0 Å². The third-order valence-electron chi connectivity index (χ3n) is 2.32. The van der Waals surface area contributed by atoms with Gasteiger partial charge in [0.1, 0.15) is 5.69 Å². The van der Waals surface area contributed by atoms with Crippen molar-refractivity contribution in [2.45, 2.75) is 6.92 Å². The Morgan fingerprint density at radius 2 is 2.06 bits per heavy atom. The number of thioether (sulfide) groups is 1. The van der Waals surface area contributed by atoms with E-state index in [1.807, 2.05) is 37.4 Å². The van der Waals surface area contributed by atoms with E-state index in [0.29, 0.717) is 4.32 Å². The number of hydrazone groups is 1. The van der Waals surface area contributed by atoms with Gasteiger partial charge in [-0.1, -0.05) is 36.1 Å². The maximum Gasteiger partial charge on any atom is 0.153 e. The molecule has 0 saturated carbocycles. The van der Waals surface area contributed by atoms with Crippen LogP contribution in [0.2, 0.25) is 0 Å². The Morgan fingerprint density at radius 3 is 2.78 bits per heavy atom. The van der Waals surface area contributed by atoms with Crippen molar-refractivity contribution in [1.29, 1.82) is 0 Å². The van der Waals surface area contributed by atoms with Crippen molar-refractivity contribution in [2.24, 2.45) is 5.10 Å². The van der Waals surface area contributed by atoms with Crippen molar-refractivity contribution in [2.75, 3.05) is 6.26 Å². The Bertz CT molecular complexity index is 610. The predicted molar refractivity (Wildman–Crippen MR) is 81.0 cm³/mol. The zero-order valence-corrected chi connectivity index (χ0v) is 11.7. The highest BCUT2D eigenvalue weighted by molar-refractivity contribution is 8.22. The van der Waals surface area contributed by atoms with Crippen molar-refractivity contribution in [3.63, 3.8) is 0 Å². The Hall–Kier alpha value is -1.53. The van der Waals surface area contributed by atoms with Crippen molar-refractivity contribution < 1.29 is 0 Å². The second-order valence-corrected chi connectivity index (χ2v) is 5.03. The molecule has 92 valence electrons. The summed E-state index contributed by atoms with van der Waals surface area (Å²) in [4.78, 5) is 8.84. The summed E-state index contributed by atoms with van der Waals surface area (Å²) >= 11 is 6.45. The zero-order chi connectivity index (χ0) is 13.0. The molecule has 1 aromatic heterocycles. The smallest absolute Gasteiger partial charge is 0.153 e. The van der Waals surface area contributed by atoms with Gasteiger partial charge in [-0.2, -0.15) is 5.10 Å². The van der Waals surface area contributed by atoms with Gasteiger partial charge in [-0.05, 0) is 25.3 Å². The topological polar surface area (TPSA) is 50.2 Å². The molecule has 0 amide bonds. The van der Waals surface area contributed by atoms with Crippen LogP contribution in [0, 0.1) is 0 Å². The Kier molecular flexibility index (Phi) is 4.22. The third kappa shape index (κ3) is 3.02. The molecule has 2 rings (SSSR count).